The molecule has 0 amide bonds. The van der Waals surface area contributed by atoms with Gasteiger partial charge in [0.2, 0.25) is 5.88 Å². The standard InChI is InChI=1S/C28H34N2O11S2/c1-18-11-12-22(19(2)13-18)40-25-20(3)14-30(27(32)29-25)26-23(31)24(37-15-21-9-7-6-8-10-21)28(41-26,16-38-42(4,33)34)17-39-43(5,35)36/h6-14,23-24,26,31H,15-17H2,1-5H3/t23-,24-,26-/m1/s1. The lowest BCUT2D eigenvalue weighted by Crippen LogP contribution is -2.52. The van der Waals surface area contributed by atoms with Crippen molar-refractivity contribution in [3.63, 3.8) is 0 Å². The van der Waals surface area contributed by atoms with Crippen molar-refractivity contribution in [1.82, 2.24) is 9.55 Å². The molecule has 0 unspecified atom stereocenters. The van der Waals surface area contributed by atoms with Crippen LogP contribution in [-0.2, 0) is 44.7 Å². The van der Waals surface area contributed by atoms with Gasteiger partial charge in [-0.1, -0.05) is 48.0 Å². The van der Waals surface area contributed by atoms with Gasteiger partial charge in [-0.05, 0) is 38.0 Å². The predicted molar refractivity (Wildman–Crippen MR) is 155 cm³/mol. The first kappa shape index (κ1) is 32.7. The Hall–Kier alpha value is -3.18. The molecule has 15 heteroatoms. The van der Waals surface area contributed by atoms with Gasteiger partial charge in [0.1, 0.15) is 36.8 Å². The lowest BCUT2D eigenvalue weighted by Gasteiger charge is -2.33. The molecule has 0 aliphatic carbocycles. The normalized spacial score (nSPS) is 20.3. The molecular formula is C28H34N2O11S2. The molecule has 1 fully saturated rings. The minimum absolute atomic E-state index is 0.0321. The highest BCUT2D eigenvalue weighted by molar-refractivity contribution is 7.86. The average Bonchev–Trinajstić information content (AvgIpc) is 3.19. The fourth-order valence-corrected chi connectivity index (χ4v) is 5.44. The van der Waals surface area contributed by atoms with Crippen molar-refractivity contribution in [2.24, 2.45) is 0 Å². The molecule has 1 N–H and O–H groups in total. The van der Waals surface area contributed by atoms with Crippen LogP contribution in [0, 0.1) is 20.8 Å². The molecule has 2 heterocycles. The number of ether oxygens (including phenoxy) is 3. The summed E-state index contributed by atoms with van der Waals surface area (Å²) in [5, 5.41) is 11.5. The van der Waals surface area contributed by atoms with Crippen LogP contribution in [0.1, 0.15) is 28.5 Å². The molecule has 3 atom stereocenters. The van der Waals surface area contributed by atoms with Gasteiger partial charge in [0, 0.05) is 11.8 Å². The summed E-state index contributed by atoms with van der Waals surface area (Å²) in [6.45, 7) is 3.78. The zero-order valence-electron chi connectivity index (χ0n) is 24.3. The van der Waals surface area contributed by atoms with Crippen molar-refractivity contribution in [2.45, 2.75) is 51.4 Å². The monoisotopic (exact) mass is 638 g/mol. The van der Waals surface area contributed by atoms with E-state index in [1.54, 1.807) is 43.3 Å². The number of nitrogens with zero attached hydrogens (tertiary/aromatic N) is 2. The molecule has 1 aliphatic heterocycles. The number of aliphatic hydroxyl groups excluding tert-OH is 1. The Kier molecular flexibility index (Phi) is 9.76. The third-order valence-electron chi connectivity index (χ3n) is 6.68. The second kappa shape index (κ2) is 12.8. The van der Waals surface area contributed by atoms with Crippen LogP contribution in [0.25, 0.3) is 0 Å². The van der Waals surface area contributed by atoms with Gasteiger partial charge >= 0.3 is 5.69 Å². The van der Waals surface area contributed by atoms with E-state index in [1.165, 1.54) is 6.20 Å². The molecule has 234 valence electrons. The van der Waals surface area contributed by atoms with Crippen molar-refractivity contribution in [3.8, 4) is 11.6 Å². The highest BCUT2D eigenvalue weighted by Gasteiger charge is 2.58. The maximum atomic E-state index is 13.3. The van der Waals surface area contributed by atoms with Gasteiger partial charge in [-0.25, -0.2) is 4.79 Å². The van der Waals surface area contributed by atoms with Gasteiger partial charge < -0.3 is 19.3 Å². The molecule has 1 aromatic heterocycles. The van der Waals surface area contributed by atoms with E-state index >= 15 is 0 Å². The summed E-state index contributed by atoms with van der Waals surface area (Å²) in [6, 6.07) is 14.4. The summed E-state index contributed by atoms with van der Waals surface area (Å²) in [5.41, 5.74) is 0.119. The second-order valence-corrected chi connectivity index (χ2v) is 13.8. The molecule has 4 rings (SSSR count). The van der Waals surface area contributed by atoms with E-state index in [1.807, 2.05) is 26.0 Å². The Labute approximate surface area is 250 Å². The Morgan fingerprint density at radius 1 is 0.953 bits per heavy atom. The van der Waals surface area contributed by atoms with Crippen LogP contribution < -0.4 is 10.4 Å². The largest absolute Gasteiger partial charge is 0.438 e. The maximum Gasteiger partial charge on any atom is 0.353 e. The van der Waals surface area contributed by atoms with Gasteiger partial charge in [0.15, 0.2) is 6.23 Å². The number of aromatic nitrogens is 2. The molecule has 0 radical (unpaired) electrons. The van der Waals surface area contributed by atoms with E-state index in [2.05, 4.69) is 4.98 Å². The van der Waals surface area contributed by atoms with Crippen LogP contribution in [0.3, 0.4) is 0 Å². The van der Waals surface area contributed by atoms with Gasteiger partial charge in [0.05, 0.1) is 19.1 Å². The van der Waals surface area contributed by atoms with Crippen molar-refractivity contribution >= 4 is 20.2 Å². The summed E-state index contributed by atoms with van der Waals surface area (Å²) >= 11 is 0. The number of hydrogen-bond acceptors (Lipinski definition) is 12. The minimum Gasteiger partial charge on any atom is -0.438 e. The van der Waals surface area contributed by atoms with E-state index < -0.39 is 63.2 Å². The fraction of sp³-hybridized carbons (Fsp3) is 0.429. The van der Waals surface area contributed by atoms with Gasteiger partial charge in [-0.2, -0.15) is 21.8 Å². The van der Waals surface area contributed by atoms with E-state index in [0.717, 1.165) is 28.2 Å². The first-order chi connectivity index (χ1) is 20.1. The molecule has 1 saturated heterocycles. The third kappa shape index (κ3) is 8.26. The number of aliphatic hydroxyl groups is 1. The molecule has 3 aromatic rings. The van der Waals surface area contributed by atoms with E-state index in [4.69, 9.17) is 22.6 Å². The summed E-state index contributed by atoms with van der Waals surface area (Å²) in [4.78, 5) is 17.3. The summed E-state index contributed by atoms with van der Waals surface area (Å²) < 4.78 is 76.9. The second-order valence-electron chi connectivity index (χ2n) is 10.5. The topological polar surface area (TPSA) is 170 Å². The van der Waals surface area contributed by atoms with Crippen LogP contribution in [0.5, 0.6) is 11.6 Å². The van der Waals surface area contributed by atoms with Crippen LogP contribution in [-0.4, -0.2) is 75.0 Å². The van der Waals surface area contributed by atoms with Crippen molar-refractivity contribution < 1.29 is 44.5 Å². The highest BCUT2D eigenvalue weighted by atomic mass is 32.2. The maximum absolute atomic E-state index is 13.3. The van der Waals surface area contributed by atoms with E-state index in [-0.39, 0.29) is 12.5 Å². The van der Waals surface area contributed by atoms with Crippen molar-refractivity contribution in [3.05, 3.63) is 87.5 Å². The molecule has 0 spiro atoms. The number of aryl methyl sites for hydroxylation is 3. The van der Waals surface area contributed by atoms with Crippen LogP contribution in [0.4, 0.5) is 0 Å². The summed E-state index contributed by atoms with van der Waals surface area (Å²) in [6.07, 6.45) is -1.58. The molecule has 0 bridgehead atoms. The smallest absolute Gasteiger partial charge is 0.353 e. The molecule has 0 saturated carbocycles. The van der Waals surface area contributed by atoms with Gasteiger partial charge in [-0.15, -0.1) is 0 Å². The van der Waals surface area contributed by atoms with Crippen molar-refractivity contribution in [2.75, 3.05) is 25.7 Å². The zero-order chi connectivity index (χ0) is 31.6. The number of rotatable bonds is 12. The lowest BCUT2D eigenvalue weighted by atomic mass is 9.96. The Morgan fingerprint density at radius 2 is 1.58 bits per heavy atom. The molecule has 1 aliphatic rings. The predicted octanol–water partition coefficient (Wildman–Crippen LogP) is 2.13. The van der Waals surface area contributed by atoms with Crippen molar-refractivity contribution in [1.29, 1.82) is 0 Å². The van der Waals surface area contributed by atoms with E-state index in [9.17, 15) is 26.7 Å². The van der Waals surface area contributed by atoms with E-state index in [0.29, 0.717) is 16.9 Å². The molecule has 43 heavy (non-hydrogen) atoms. The van der Waals surface area contributed by atoms with Crippen LogP contribution >= 0.6 is 0 Å². The average molecular weight is 639 g/mol. The summed E-state index contributed by atoms with van der Waals surface area (Å²) in [5.74, 6) is 0.532. The minimum atomic E-state index is -4.07. The lowest BCUT2D eigenvalue weighted by molar-refractivity contribution is -0.154. The Morgan fingerprint density at radius 3 is 2.16 bits per heavy atom. The fourth-order valence-electron chi connectivity index (χ4n) is 4.61. The first-order valence-corrected chi connectivity index (χ1v) is 16.8. The Balaban J connectivity index is 1.73. The molecule has 2 aromatic carbocycles. The third-order valence-corrected chi connectivity index (χ3v) is 7.77. The van der Waals surface area contributed by atoms with Gasteiger partial charge in [0.25, 0.3) is 20.2 Å². The molecule has 13 nitrogen and oxygen atoms in total. The SMILES string of the molecule is Cc1ccc(Oc2nc(=O)n([C@@H]3OC(COS(C)(=O)=O)(COS(C)(=O)=O)[C@H](OCc4ccccc4)[C@H]3O)cc2C)c(C)c1. The van der Waals surface area contributed by atoms with Crippen LogP contribution in [0.2, 0.25) is 0 Å². The number of benzene rings is 2. The highest BCUT2D eigenvalue weighted by Crippen LogP contribution is 2.40. The number of hydrogen-bond donors (Lipinski definition) is 1. The zero-order valence-corrected chi connectivity index (χ0v) is 25.9. The first-order valence-electron chi connectivity index (χ1n) is 13.1. The van der Waals surface area contributed by atoms with Crippen LogP contribution in [0.15, 0.2) is 59.5 Å². The quantitative estimate of drug-likeness (QED) is 0.287. The summed E-state index contributed by atoms with van der Waals surface area (Å²) in [7, 11) is -8.14. The van der Waals surface area contributed by atoms with Gasteiger partial charge in [-0.3, -0.25) is 12.9 Å². The molecular weight excluding hydrogens is 604 g/mol. The Bertz CT molecular complexity index is 1690.